The van der Waals surface area contributed by atoms with Crippen molar-refractivity contribution in [2.24, 2.45) is 0 Å². The van der Waals surface area contributed by atoms with Crippen molar-refractivity contribution in [3.63, 3.8) is 0 Å². The standard InChI is InChI=1S/C32H42Cl2N4O3/c1-35(30(39)25-7-3-2-4-8-25)24-27(26-9-10-28(33)29(34)23-26)11-16-36-17-12-32(13-18-36,38-14-5-6-15-38)31(40)37-19-21-41-22-20-37/h2-4,7-10,23,27H,5-6,11-22,24H2,1H3. The van der Waals surface area contributed by atoms with Crippen LogP contribution >= 0.6 is 23.2 Å². The number of morpholine rings is 1. The van der Waals surface area contributed by atoms with Gasteiger partial charge in [0.1, 0.15) is 5.54 Å². The van der Waals surface area contributed by atoms with E-state index in [0.29, 0.717) is 54.4 Å². The molecule has 1 unspecified atom stereocenters. The van der Waals surface area contributed by atoms with Crippen LogP contribution in [0.15, 0.2) is 48.5 Å². The molecule has 5 rings (SSSR count). The first-order valence-electron chi connectivity index (χ1n) is 15.0. The molecule has 0 aromatic heterocycles. The lowest BCUT2D eigenvalue weighted by Crippen LogP contribution is -2.64. The van der Waals surface area contributed by atoms with E-state index in [0.717, 1.165) is 57.5 Å². The van der Waals surface area contributed by atoms with Crippen molar-refractivity contribution < 1.29 is 14.3 Å². The predicted octanol–water partition coefficient (Wildman–Crippen LogP) is 5.03. The van der Waals surface area contributed by atoms with Gasteiger partial charge in [0.2, 0.25) is 5.91 Å². The summed E-state index contributed by atoms with van der Waals surface area (Å²) in [6, 6.07) is 15.2. The van der Waals surface area contributed by atoms with Gasteiger partial charge in [0.15, 0.2) is 0 Å². The molecule has 2 aromatic carbocycles. The zero-order valence-electron chi connectivity index (χ0n) is 24.1. The number of hydrogen-bond acceptors (Lipinski definition) is 5. The van der Waals surface area contributed by atoms with Crippen LogP contribution < -0.4 is 0 Å². The number of piperidine rings is 1. The van der Waals surface area contributed by atoms with Gasteiger partial charge < -0.3 is 19.4 Å². The Morgan fingerprint density at radius 2 is 1.61 bits per heavy atom. The molecule has 9 heteroatoms. The Morgan fingerprint density at radius 3 is 2.27 bits per heavy atom. The highest BCUT2D eigenvalue weighted by Crippen LogP contribution is 2.35. The lowest BCUT2D eigenvalue weighted by Gasteiger charge is -2.48. The van der Waals surface area contributed by atoms with E-state index in [4.69, 9.17) is 27.9 Å². The third kappa shape index (κ3) is 7.08. The van der Waals surface area contributed by atoms with Crippen LogP contribution in [0.1, 0.15) is 53.9 Å². The number of likely N-dealkylation sites (tertiary alicyclic amines) is 2. The number of rotatable bonds is 9. The maximum absolute atomic E-state index is 13.9. The zero-order valence-corrected chi connectivity index (χ0v) is 25.6. The van der Waals surface area contributed by atoms with Crippen LogP contribution in [0, 0.1) is 0 Å². The fourth-order valence-corrected chi connectivity index (χ4v) is 7.01. The number of ether oxygens (including phenoxy) is 1. The van der Waals surface area contributed by atoms with Crippen LogP contribution in [0.4, 0.5) is 0 Å². The zero-order chi connectivity index (χ0) is 28.8. The molecule has 0 aliphatic carbocycles. The third-order valence-corrected chi connectivity index (χ3v) is 9.90. The lowest BCUT2D eigenvalue weighted by molar-refractivity contribution is -0.152. The Labute approximate surface area is 254 Å². The Bertz CT molecular complexity index is 1180. The number of carbonyl (C=O) groups excluding carboxylic acids is 2. The summed E-state index contributed by atoms with van der Waals surface area (Å²) in [7, 11) is 1.86. The summed E-state index contributed by atoms with van der Waals surface area (Å²) >= 11 is 12.7. The van der Waals surface area contributed by atoms with E-state index >= 15 is 0 Å². The molecule has 3 fully saturated rings. The monoisotopic (exact) mass is 600 g/mol. The highest BCUT2D eigenvalue weighted by molar-refractivity contribution is 6.42. The van der Waals surface area contributed by atoms with Gasteiger partial charge in [-0.1, -0.05) is 47.5 Å². The Balaban J connectivity index is 1.26. The average molecular weight is 602 g/mol. The summed E-state index contributed by atoms with van der Waals surface area (Å²) in [4.78, 5) is 35.9. The first-order chi connectivity index (χ1) is 19.9. The van der Waals surface area contributed by atoms with E-state index in [-0.39, 0.29) is 11.8 Å². The molecule has 3 heterocycles. The van der Waals surface area contributed by atoms with Crippen LogP contribution in [0.3, 0.4) is 0 Å². The minimum absolute atomic E-state index is 0.00524. The fourth-order valence-electron chi connectivity index (χ4n) is 6.70. The van der Waals surface area contributed by atoms with Gasteiger partial charge in [-0.05, 0) is 81.6 Å². The molecule has 0 saturated carbocycles. The molecule has 1 atom stereocenters. The van der Waals surface area contributed by atoms with Crippen LogP contribution in [-0.4, -0.2) is 110 Å². The van der Waals surface area contributed by atoms with Crippen molar-refractivity contribution in [3.8, 4) is 0 Å². The maximum atomic E-state index is 13.9. The number of nitrogens with zero attached hydrogens (tertiary/aromatic N) is 4. The van der Waals surface area contributed by atoms with E-state index in [1.807, 2.05) is 60.5 Å². The van der Waals surface area contributed by atoms with E-state index in [9.17, 15) is 9.59 Å². The first kappa shape index (κ1) is 30.3. The molecule has 3 saturated heterocycles. The summed E-state index contributed by atoms with van der Waals surface area (Å²) < 4.78 is 5.53. The number of carbonyl (C=O) groups is 2. The molecule has 0 N–H and O–H groups in total. The fraction of sp³-hybridized carbons (Fsp3) is 0.562. The van der Waals surface area contributed by atoms with Crippen LogP contribution in [0.5, 0.6) is 0 Å². The quantitative estimate of drug-likeness (QED) is 0.404. The van der Waals surface area contributed by atoms with E-state index < -0.39 is 5.54 Å². The van der Waals surface area contributed by atoms with Gasteiger partial charge in [-0.2, -0.15) is 0 Å². The molecule has 0 radical (unpaired) electrons. The molecule has 7 nitrogen and oxygen atoms in total. The highest BCUT2D eigenvalue weighted by atomic mass is 35.5. The molecule has 222 valence electrons. The van der Waals surface area contributed by atoms with Gasteiger partial charge in [0.25, 0.3) is 5.91 Å². The van der Waals surface area contributed by atoms with Gasteiger partial charge in [-0.15, -0.1) is 0 Å². The summed E-state index contributed by atoms with van der Waals surface area (Å²) in [6.45, 7) is 7.91. The Kier molecular flexibility index (Phi) is 10.3. The number of hydrogen-bond donors (Lipinski definition) is 0. The number of benzene rings is 2. The second-order valence-corrected chi connectivity index (χ2v) is 12.5. The minimum Gasteiger partial charge on any atom is -0.378 e. The molecule has 2 amide bonds. The smallest absolute Gasteiger partial charge is 0.253 e. The number of amides is 2. The third-order valence-electron chi connectivity index (χ3n) is 9.16. The summed E-state index contributed by atoms with van der Waals surface area (Å²) in [5, 5.41) is 1.06. The molecule has 3 aliphatic rings. The SMILES string of the molecule is CN(CC(CCN1CCC(C(=O)N2CCOCC2)(N2CCCC2)CC1)c1ccc(Cl)c(Cl)c1)C(=O)c1ccccc1. The molecular weight excluding hydrogens is 559 g/mol. The minimum atomic E-state index is -0.393. The molecule has 0 bridgehead atoms. The molecule has 2 aromatic rings. The number of likely N-dealkylation sites (N-methyl/N-ethyl adjacent to an activating group) is 1. The molecule has 0 spiro atoms. The van der Waals surface area contributed by atoms with Crippen molar-refractivity contribution >= 4 is 35.0 Å². The van der Waals surface area contributed by atoms with E-state index in [1.54, 1.807) is 4.90 Å². The summed E-state index contributed by atoms with van der Waals surface area (Å²) in [6.07, 6.45) is 4.92. The van der Waals surface area contributed by atoms with Crippen molar-refractivity contribution in [3.05, 3.63) is 69.7 Å². The topological polar surface area (TPSA) is 56.3 Å². The molecular formula is C32H42Cl2N4O3. The molecule has 3 aliphatic heterocycles. The van der Waals surface area contributed by atoms with Crippen LogP contribution in [0.25, 0.3) is 0 Å². The van der Waals surface area contributed by atoms with Crippen molar-refractivity contribution in [2.45, 2.75) is 43.6 Å². The first-order valence-corrected chi connectivity index (χ1v) is 15.7. The predicted molar refractivity (Wildman–Crippen MR) is 164 cm³/mol. The van der Waals surface area contributed by atoms with Gasteiger partial charge in [-0.25, -0.2) is 0 Å². The second-order valence-electron chi connectivity index (χ2n) is 11.7. The van der Waals surface area contributed by atoms with Crippen molar-refractivity contribution in [1.29, 1.82) is 0 Å². The second kappa shape index (κ2) is 13.9. The molecule has 41 heavy (non-hydrogen) atoms. The highest BCUT2D eigenvalue weighted by Gasteiger charge is 2.48. The summed E-state index contributed by atoms with van der Waals surface area (Å²) in [5.41, 5.74) is 1.37. The Hall–Kier alpha value is -2.16. The van der Waals surface area contributed by atoms with Gasteiger partial charge in [0, 0.05) is 51.3 Å². The van der Waals surface area contributed by atoms with Gasteiger partial charge in [-0.3, -0.25) is 14.5 Å². The number of halogens is 2. The van der Waals surface area contributed by atoms with E-state index in [2.05, 4.69) is 9.80 Å². The van der Waals surface area contributed by atoms with Gasteiger partial charge >= 0.3 is 0 Å². The normalized spacial score (nSPS) is 20.6. The Morgan fingerprint density at radius 1 is 0.927 bits per heavy atom. The average Bonchev–Trinajstić information content (AvgIpc) is 3.57. The van der Waals surface area contributed by atoms with Gasteiger partial charge in [0.05, 0.1) is 23.3 Å². The summed E-state index contributed by atoms with van der Waals surface area (Å²) in [5.74, 6) is 0.408. The maximum Gasteiger partial charge on any atom is 0.253 e. The largest absolute Gasteiger partial charge is 0.378 e. The van der Waals surface area contributed by atoms with Crippen LogP contribution in [-0.2, 0) is 9.53 Å². The van der Waals surface area contributed by atoms with Crippen LogP contribution in [0.2, 0.25) is 10.0 Å². The van der Waals surface area contributed by atoms with E-state index in [1.165, 1.54) is 12.8 Å². The van der Waals surface area contributed by atoms with Crippen molar-refractivity contribution in [2.75, 3.05) is 72.6 Å². The lowest BCUT2D eigenvalue weighted by atomic mass is 9.83. The van der Waals surface area contributed by atoms with Crippen molar-refractivity contribution in [1.82, 2.24) is 19.6 Å².